The van der Waals surface area contributed by atoms with Crippen LogP contribution in [-0.4, -0.2) is 32.0 Å². The molecule has 1 aromatic carbocycles. The molecule has 156 valence electrons. The number of carbonyl (C=O) groups is 2. The lowest BCUT2D eigenvalue weighted by Gasteiger charge is -2.22. The van der Waals surface area contributed by atoms with Crippen LogP contribution >= 0.6 is 0 Å². The molecule has 0 unspecified atom stereocenters. The molecule has 8 nitrogen and oxygen atoms in total. The minimum absolute atomic E-state index is 0.0998. The number of amides is 2. The Hall–Kier alpha value is -3.42. The van der Waals surface area contributed by atoms with Gasteiger partial charge in [-0.2, -0.15) is 0 Å². The Balaban J connectivity index is 1.45. The molecule has 1 aliphatic carbocycles. The van der Waals surface area contributed by atoms with Crippen molar-refractivity contribution in [2.45, 2.75) is 44.7 Å². The van der Waals surface area contributed by atoms with Crippen molar-refractivity contribution in [2.24, 2.45) is 7.05 Å². The number of nitrogens with zero attached hydrogens (tertiary/aromatic N) is 3. The number of pyridine rings is 1. The maximum Gasteiger partial charge on any atom is 0.257 e. The lowest BCUT2D eigenvalue weighted by atomic mass is 9.95. The van der Waals surface area contributed by atoms with Crippen molar-refractivity contribution in [2.75, 3.05) is 5.32 Å². The second kappa shape index (κ2) is 8.52. The number of imidazole rings is 1. The molecule has 1 aliphatic rings. The van der Waals surface area contributed by atoms with E-state index in [1.807, 2.05) is 23.7 Å². The van der Waals surface area contributed by atoms with Gasteiger partial charge >= 0.3 is 0 Å². The first-order chi connectivity index (χ1) is 14.5. The molecule has 4 rings (SSSR count). The van der Waals surface area contributed by atoms with Gasteiger partial charge in [0.1, 0.15) is 6.54 Å². The van der Waals surface area contributed by atoms with Crippen LogP contribution in [0.4, 0.5) is 5.69 Å². The molecule has 0 spiro atoms. The standard InChI is InChI=1S/C22H25N5O3/c1-26-14-23-18-9-8-17(11-19(18)26)25-22(30)15-7-10-21(29)27(12-15)13-20(28)24-16-5-3-2-4-6-16/h7-12,14,16H,2-6,13H2,1H3,(H,24,28)(H,25,30). The molecule has 1 fully saturated rings. The van der Waals surface area contributed by atoms with Crippen LogP contribution in [0.15, 0.2) is 47.7 Å². The van der Waals surface area contributed by atoms with Crippen LogP contribution in [0.3, 0.4) is 0 Å². The van der Waals surface area contributed by atoms with Gasteiger partial charge in [-0.25, -0.2) is 4.98 Å². The molecule has 0 radical (unpaired) electrons. The van der Waals surface area contributed by atoms with Crippen molar-refractivity contribution in [1.29, 1.82) is 0 Å². The fourth-order valence-electron chi connectivity index (χ4n) is 3.87. The number of nitrogens with one attached hydrogen (secondary N) is 2. The lowest BCUT2D eigenvalue weighted by molar-refractivity contribution is -0.122. The number of rotatable bonds is 5. The minimum Gasteiger partial charge on any atom is -0.352 e. The molecule has 2 aromatic heterocycles. The zero-order chi connectivity index (χ0) is 21.1. The van der Waals surface area contributed by atoms with Crippen LogP contribution in [0.2, 0.25) is 0 Å². The summed E-state index contributed by atoms with van der Waals surface area (Å²) in [6, 6.07) is 8.41. The lowest BCUT2D eigenvalue weighted by Crippen LogP contribution is -2.39. The summed E-state index contributed by atoms with van der Waals surface area (Å²) in [5, 5.41) is 5.83. The summed E-state index contributed by atoms with van der Waals surface area (Å²) >= 11 is 0. The van der Waals surface area contributed by atoms with Gasteiger partial charge < -0.3 is 19.8 Å². The zero-order valence-corrected chi connectivity index (χ0v) is 16.9. The molecule has 0 atom stereocenters. The quantitative estimate of drug-likeness (QED) is 0.679. The highest BCUT2D eigenvalue weighted by molar-refractivity contribution is 6.04. The smallest absolute Gasteiger partial charge is 0.257 e. The summed E-state index contributed by atoms with van der Waals surface area (Å²) < 4.78 is 3.15. The van der Waals surface area contributed by atoms with E-state index in [1.165, 1.54) is 29.3 Å². The maximum absolute atomic E-state index is 12.7. The van der Waals surface area contributed by atoms with Gasteiger partial charge in [-0.3, -0.25) is 14.4 Å². The summed E-state index contributed by atoms with van der Waals surface area (Å²) in [5.41, 5.74) is 2.36. The fourth-order valence-corrected chi connectivity index (χ4v) is 3.87. The number of hydrogen-bond donors (Lipinski definition) is 2. The monoisotopic (exact) mass is 407 g/mol. The third kappa shape index (κ3) is 4.42. The Morgan fingerprint density at radius 2 is 1.93 bits per heavy atom. The average Bonchev–Trinajstić information content (AvgIpc) is 3.10. The summed E-state index contributed by atoms with van der Waals surface area (Å²) in [6.07, 6.45) is 8.53. The predicted molar refractivity (Wildman–Crippen MR) is 114 cm³/mol. The molecule has 2 N–H and O–H groups in total. The molecule has 2 amide bonds. The number of carbonyl (C=O) groups excluding carboxylic acids is 2. The molecule has 1 saturated carbocycles. The Morgan fingerprint density at radius 1 is 1.13 bits per heavy atom. The first-order valence-electron chi connectivity index (χ1n) is 10.2. The summed E-state index contributed by atoms with van der Waals surface area (Å²) in [7, 11) is 1.88. The average molecular weight is 407 g/mol. The van der Waals surface area contributed by atoms with Gasteiger partial charge in [0.25, 0.3) is 11.5 Å². The van der Waals surface area contributed by atoms with Gasteiger partial charge in [-0.1, -0.05) is 19.3 Å². The summed E-state index contributed by atoms with van der Waals surface area (Å²) in [4.78, 5) is 41.5. The van der Waals surface area contributed by atoms with Crippen LogP contribution in [0, 0.1) is 0 Å². The van der Waals surface area contributed by atoms with Gasteiger partial charge in [0.05, 0.1) is 22.9 Å². The van der Waals surface area contributed by atoms with E-state index >= 15 is 0 Å². The van der Waals surface area contributed by atoms with E-state index in [0.29, 0.717) is 11.3 Å². The predicted octanol–water partition coefficient (Wildman–Crippen LogP) is 2.44. The highest BCUT2D eigenvalue weighted by atomic mass is 16.2. The first-order valence-corrected chi connectivity index (χ1v) is 10.2. The topological polar surface area (TPSA) is 98.0 Å². The van der Waals surface area contributed by atoms with Crippen molar-refractivity contribution >= 4 is 28.5 Å². The minimum atomic E-state index is -0.349. The molecule has 2 heterocycles. The SMILES string of the molecule is Cn1cnc2ccc(NC(=O)c3ccc(=O)n(CC(=O)NC4CCCCC4)c3)cc21. The molecule has 0 saturated heterocycles. The van der Waals surface area contributed by atoms with Gasteiger partial charge in [-0.05, 0) is 37.1 Å². The van der Waals surface area contributed by atoms with Gasteiger partial charge in [0.2, 0.25) is 5.91 Å². The van der Waals surface area contributed by atoms with E-state index in [-0.39, 0.29) is 30.0 Å². The number of aryl methyl sites for hydroxylation is 1. The number of hydrogen-bond acceptors (Lipinski definition) is 4. The van der Waals surface area contributed by atoms with Gasteiger partial charge in [0.15, 0.2) is 0 Å². The summed E-state index contributed by atoms with van der Waals surface area (Å²) in [5.74, 6) is -0.554. The van der Waals surface area contributed by atoms with Crippen LogP contribution in [-0.2, 0) is 18.4 Å². The normalized spacial score (nSPS) is 14.6. The van der Waals surface area contributed by atoms with Crippen molar-refractivity contribution in [1.82, 2.24) is 19.4 Å². The van der Waals surface area contributed by atoms with Crippen LogP contribution in [0.1, 0.15) is 42.5 Å². The van der Waals surface area contributed by atoms with E-state index in [0.717, 1.165) is 36.7 Å². The number of benzene rings is 1. The van der Waals surface area contributed by atoms with Crippen molar-refractivity contribution < 1.29 is 9.59 Å². The van der Waals surface area contributed by atoms with Crippen LogP contribution < -0.4 is 16.2 Å². The van der Waals surface area contributed by atoms with Crippen molar-refractivity contribution in [3.05, 3.63) is 58.8 Å². The van der Waals surface area contributed by atoms with Gasteiger partial charge in [-0.15, -0.1) is 0 Å². The number of aromatic nitrogens is 3. The third-order valence-electron chi connectivity index (χ3n) is 5.51. The molecule has 3 aromatic rings. The first kappa shape index (κ1) is 19.9. The van der Waals surface area contributed by atoms with E-state index in [4.69, 9.17) is 0 Å². The molecular formula is C22H25N5O3. The third-order valence-corrected chi connectivity index (χ3v) is 5.51. The van der Waals surface area contributed by atoms with E-state index in [2.05, 4.69) is 15.6 Å². The number of fused-ring (bicyclic) bond motifs is 1. The second-order valence-corrected chi connectivity index (χ2v) is 7.80. The Morgan fingerprint density at radius 3 is 2.73 bits per heavy atom. The molecule has 0 aliphatic heterocycles. The molecule has 8 heteroatoms. The van der Waals surface area contributed by atoms with Crippen LogP contribution in [0.25, 0.3) is 11.0 Å². The van der Waals surface area contributed by atoms with Crippen LogP contribution in [0.5, 0.6) is 0 Å². The Bertz CT molecular complexity index is 1140. The van der Waals surface area contributed by atoms with Gasteiger partial charge in [0, 0.05) is 31.0 Å². The fraction of sp³-hybridized carbons (Fsp3) is 0.364. The van der Waals surface area contributed by atoms with Crippen molar-refractivity contribution in [3.63, 3.8) is 0 Å². The largest absolute Gasteiger partial charge is 0.352 e. The second-order valence-electron chi connectivity index (χ2n) is 7.80. The highest BCUT2D eigenvalue weighted by Gasteiger charge is 2.17. The summed E-state index contributed by atoms with van der Waals surface area (Å²) in [6.45, 7) is -0.0998. The molecule has 30 heavy (non-hydrogen) atoms. The number of anilines is 1. The molecular weight excluding hydrogens is 382 g/mol. The molecule has 0 bridgehead atoms. The zero-order valence-electron chi connectivity index (χ0n) is 16.9. The Labute approximate surface area is 173 Å². The van der Waals surface area contributed by atoms with E-state index < -0.39 is 0 Å². The highest BCUT2D eigenvalue weighted by Crippen LogP contribution is 2.19. The van der Waals surface area contributed by atoms with E-state index in [1.54, 1.807) is 12.4 Å². The van der Waals surface area contributed by atoms with E-state index in [9.17, 15) is 14.4 Å². The maximum atomic E-state index is 12.7. The Kier molecular flexibility index (Phi) is 5.65. The van der Waals surface area contributed by atoms with Crippen molar-refractivity contribution in [3.8, 4) is 0 Å².